The first kappa shape index (κ1) is 11.5. The van der Waals surface area contributed by atoms with Crippen molar-refractivity contribution in [2.75, 3.05) is 19.6 Å². The molecule has 1 fully saturated rings. The fourth-order valence-corrected chi connectivity index (χ4v) is 1.90. The van der Waals surface area contributed by atoms with Gasteiger partial charge in [-0.3, -0.25) is 4.79 Å². The molecule has 1 unspecified atom stereocenters. The van der Waals surface area contributed by atoms with Gasteiger partial charge in [-0.1, -0.05) is 26.7 Å². The molecule has 1 aliphatic rings. The second-order valence-corrected chi connectivity index (χ2v) is 4.35. The topological polar surface area (TPSA) is 40.5 Å². The summed E-state index contributed by atoms with van der Waals surface area (Å²) in [6.07, 6.45) is 3.79. The van der Waals surface area contributed by atoms with E-state index >= 15 is 0 Å². The lowest BCUT2D eigenvalue weighted by Crippen LogP contribution is -2.51. The molecule has 0 aliphatic carbocycles. The standard InChI is InChI=1S/C11H21NO2/c1-3-4-5-6-12-7-10(8-12)9(2)11(13)14/h9-10H,3-8H2,1-2H3,(H,13,14). The van der Waals surface area contributed by atoms with E-state index < -0.39 is 5.97 Å². The number of nitrogens with zero attached hydrogens (tertiary/aromatic N) is 1. The molecule has 1 aliphatic heterocycles. The van der Waals surface area contributed by atoms with Gasteiger partial charge in [0.05, 0.1) is 5.92 Å². The summed E-state index contributed by atoms with van der Waals surface area (Å²) >= 11 is 0. The van der Waals surface area contributed by atoms with Gasteiger partial charge >= 0.3 is 5.97 Å². The van der Waals surface area contributed by atoms with Gasteiger partial charge in [0.15, 0.2) is 0 Å². The Morgan fingerprint density at radius 2 is 2.14 bits per heavy atom. The molecule has 1 saturated heterocycles. The molecule has 3 heteroatoms. The Labute approximate surface area is 86.1 Å². The lowest BCUT2D eigenvalue weighted by atomic mass is 9.87. The molecule has 0 aromatic carbocycles. The van der Waals surface area contributed by atoms with Crippen LogP contribution in [0.3, 0.4) is 0 Å². The first-order valence-electron chi connectivity index (χ1n) is 5.60. The molecule has 0 bridgehead atoms. The zero-order chi connectivity index (χ0) is 10.6. The number of carbonyl (C=O) groups is 1. The van der Waals surface area contributed by atoms with Crippen LogP contribution >= 0.6 is 0 Å². The minimum absolute atomic E-state index is 0.169. The van der Waals surface area contributed by atoms with Crippen LogP contribution in [0.15, 0.2) is 0 Å². The molecule has 1 N–H and O–H groups in total. The van der Waals surface area contributed by atoms with E-state index in [1.807, 2.05) is 6.92 Å². The number of hydrogen-bond donors (Lipinski definition) is 1. The van der Waals surface area contributed by atoms with Crippen molar-refractivity contribution in [2.45, 2.75) is 33.1 Å². The third-order valence-electron chi connectivity index (χ3n) is 3.16. The number of rotatable bonds is 6. The third kappa shape index (κ3) is 2.98. The molecule has 0 saturated carbocycles. The summed E-state index contributed by atoms with van der Waals surface area (Å²) in [5.41, 5.74) is 0. The first-order chi connectivity index (χ1) is 6.65. The van der Waals surface area contributed by atoms with Crippen LogP contribution < -0.4 is 0 Å². The van der Waals surface area contributed by atoms with Crippen molar-refractivity contribution in [3.05, 3.63) is 0 Å². The Morgan fingerprint density at radius 3 is 2.64 bits per heavy atom. The van der Waals surface area contributed by atoms with Gasteiger partial charge in [0.1, 0.15) is 0 Å². The molecule has 0 radical (unpaired) electrons. The van der Waals surface area contributed by atoms with E-state index in [2.05, 4.69) is 11.8 Å². The highest BCUT2D eigenvalue weighted by atomic mass is 16.4. The minimum Gasteiger partial charge on any atom is -0.481 e. The van der Waals surface area contributed by atoms with Crippen molar-refractivity contribution in [2.24, 2.45) is 11.8 Å². The van der Waals surface area contributed by atoms with E-state index in [0.717, 1.165) is 19.6 Å². The van der Waals surface area contributed by atoms with Crippen molar-refractivity contribution in [3.63, 3.8) is 0 Å². The summed E-state index contributed by atoms with van der Waals surface area (Å²) in [4.78, 5) is 13.0. The Morgan fingerprint density at radius 1 is 1.50 bits per heavy atom. The van der Waals surface area contributed by atoms with Gasteiger partial charge < -0.3 is 10.0 Å². The predicted octanol–water partition coefficient (Wildman–Crippen LogP) is 1.83. The maximum Gasteiger partial charge on any atom is 0.306 e. The van der Waals surface area contributed by atoms with E-state index in [1.165, 1.54) is 19.3 Å². The van der Waals surface area contributed by atoms with Crippen LogP contribution in [-0.2, 0) is 4.79 Å². The molecule has 1 atom stereocenters. The maximum atomic E-state index is 10.7. The Hall–Kier alpha value is -0.570. The van der Waals surface area contributed by atoms with Gasteiger partial charge in [-0.2, -0.15) is 0 Å². The zero-order valence-corrected chi connectivity index (χ0v) is 9.20. The normalized spacial score (nSPS) is 20.4. The van der Waals surface area contributed by atoms with Crippen molar-refractivity contribution < 1.29 is 9.90 Å². The molecule has 0 aromatic heterocycles. The van der Waals surface area contributed by atoms with E-state index in [4.69, 9.17) is 5.11 Å². The van der Waals surface area contributed by atoms with Crippen LogP contribution in [0.4, 0.5) is 0 Å². The summed E-state index contributed by atoms with van der Waals surface area (Å²) < 4.78 is 0. The molecular weight excluding hydrogens is 178 g/mol. The van der Waals surface area contributed by atoms with Crippen molar-refractivity contribution in [1.82, 2.24) is 4.90 Å². The van der Waals surface area contributed by atoms with Crippen molar-refractivity contribution in [1.29, 1.82) is 0 Å². The van der Waals surface area contributed by atoms with E-state index in [9.17, 15) is 4.79 Å². The number of unbranched alkanes of at least 4 members (excludes halogenated alkanes) is 2. The zero-order valence-electron chi connectivity index (χ0n) is 9.20. The first-order valence-corrected chi connectivity index (χ1v) is 5.60. The Kier molecular flexibility index (Phi) is 4.39. The number of carboxylic acids is 1. The number of carboxylic acid groups (broad SMARTS) is 1. The molecule has 3 nitrogen and oxygen atoms in total. The van der Waals surface area contributed by atoms with Gasteiger partial charge in [-0.15, -0.1) is 0 Å². The van der Waals surface area contributed by atoms with Crippen LogP contribution in [0, 0.1) is 11.8 Å². The Bertz CT molecular complexity index is 188. The van der Waals surface area contributed by atoms with Gasteiger partial charge in [0.25, 0.3) is 0 Å². The van der Waals surface area contributed by atoms with Crippen LogP contribution in [0.25, 0.3) is 0 Å². The predicted molar refractivity (Wildman–Crippen MR) is 56.3 cm³/mol. The van der Waals surface area contributed by atoms with Crippen LogP contribution in [0.2, 0.25) is 0 Å². The van der Waals surface area contributed by atoms with E-state index in [0.29, 0.717) is 5.92 Å². The summed E-state index contributed by atoms with van der Waals surface area (Å²) in [7, 11) is 0. The minimum atomic E-state index is -0.650. The molecule has 82 valence electrons. The maximum absolute atomic E-state index is 10.7. The molecule has 1 heterocycles. The fourth-order valence-electron chi connectivity index (χ4n) is 1.90. The molecule has 1 rings (SSSR count). The SMILES string of the molecule is CCCCCN1CC(C(C)C(=O)O)C1. The average molecular weight is 199 g/mol. The van der Waals surface area contributed by atoms with Crippen LogP contribution in [0.1, 0.15) is 33.1 Å². The van der Waals surface area contributed by atoms with Crippen LogP contribution in [-0.4, -0.2) is 35.6 Å². The summed E-state index contributed by atoms with van der Waals surface area (Å²) in [5.74, 6) is -0.435. The third-order valence-corrected chi connectivity index (χ3v) is 3.16. The number of aliphatic carboxylic acids is 1. The molecule has 0 spiro atoms. The smallest absolute Gasteiger partial charge is 0.306 e. The van der Waals surface area contributed by atoms with Crippen molar-refractivity contribution in [3.8, 4) is 0 Å². The van der Waals surface area contributed by atoms with Gasteiger partial charge in [0, 0.05) is 13.1 Å². The number of hydrogen-bond acceptors (Lipinski definition) is 2. The van der Waals surface area contributed by atoms with Gasteiger partial charge in [-0.05, 0) is 18.9 Å². The number of likely N-dealkylation sites (tertiary alicyclic amines) is 1. The van der Waals surface area contributed by atoms with Gasteiger partial charge in [0.2, 0.25) is 0 Å². The highest BCUT2D eigenvalue weighted by Gasteiger charge is 2.33. The highest BCUT2D eigenvalue weighted by Crippen LogP contribution is 2.24. The monoisotopic (exact) mass is 199 g/mol. The fraction of sp³-hybridized carbons (Fsp3) is 0.909. The molecule has 0 aromatic rings. The van der Waals surface area contributed by atoms with Gasteiger partial charge in [-0.25, -0.2) is 0 Å². The second-order valence-electron chi connectivity index (χ2n) is 4.35. The van der Waals surface area contributed by atoms with E-state index in [-0.39, 0.29) is 5.92 Å². The second kappa shape index (κ2) is 5.35. The molecule has 0 amide bonds. The lowest BCUT2D eigenvalue weighted by molar-refractivity contribution is -0.145. The lowest BCUT2D eigenvalue weighted by Gasteiger charge is -2.41. The molecule has 14 heavy (non-hydrogen) atoms. The van der Waals surface area contributed by atoms with Crippen molar-refractivity contribution >= 4 is 5.97 Å². The summed E-state index contributed by atoms with van der Waals surface area (Å²) in [6.45, 7) is 7.13. The summed E-state index contributed by atoms with van der Waals surface area (Å²) in [5, 5.41) is 8.80. The highest BCUT2D eigenvalue weighted by molar-refractivity contribution is 5.70. The largest absolute Gasteiger partial charge is 0.481 e. The summed E-state index contributed by atoms with van der Waals surface area (Å²) in [6, 6.07) is 0. The Balaban J connectivity index is 2.08. The molecular formula is C11H21NO2. The quantitative estimate of drug-likeness (QED) is 0.663. The van der Waals surface area contributed by atoms with Crippen LogP contribution in [0.5, 0.6) is 0 Å². The van der Waals surface area contributed by atoms with E-state index in [1.54, 1.807) is 0 Å². The average Bonchev–Trinajstić information content (AvgIpc) is 2.08.